The molecule has 2 aliphatic rings. The van der Waals surface area contributed by atoms with Gasteiger partial charge in [-0.15, -0.1) is 0 Å². The van der Waals surface area contributed by atoms with Crippen LogP contribution in [0.5, 0.6) is 0 Å². The van der Waals surface area contributed by atoms with Crippen molar-refractivity contribution >= 4 is 0 Å². The Kier molecular flexibility index (Phi) is 2.87. The molecule has 0 aromatic heterocycles. The van der Waals surface area contributed by atoms with Crippen LogP contribution >= 0.6 is 0 Å². The van der Waals surface area contributed by atoms with Gasteiger partial charge in [-0.25, -0.2) is 0 Å². The summed E-state index contributed by atoms with van der Waals surface area (Å²) in [7, 11) is 0. The molecule has 0 aromatic carbocycles. The van der Waals surface area contributed by atoms with Crippen LogP contribution in [0.4, 0.5) is 0 Å². The standard InChI is InChI=1S/C14H27N/c1-13(2)9-5-7-11(13)15-12-8-6-10-14(12,3)4/h11-12,15H,5-10H2,1-4H3. The molecular formula is C14H27N. The molecule has 2 fully saturated rings. The lowest BCUT2D eigenvalue weighted by Gasteiger charge is -2.36. The first-order valence-electron chi connectivity index (χ1n) is 6.68. The lowest BCUT2D eigenvalue weighted by atomic mass is 9.83. The molecule has 0 heterocycles. The zero-order valence-electron chi connectivity index (χ0n) is 10.9. The first-order valence-corrected chi connectivity index (χ1v) is 6.68. The van der Waals surface area contributed by atoms with Crippen molar-refractivity contribution in [3.63, 3.8) is 0 Å². The molecule has 2 atom stereocenters. The van der Waals surface area contributed by atoms with Gasteiger partial charge in [0.15, 0.2) is 0 Å². The maximum atomic E-state index is 3.96. The second kappa shape index (κ2) is 3.76. The molecule has 0 aromatic rings. The molecular weight excluding hydrogens is 182 g/mol. The van der Waals surface area contributed by atoms with Gasteiger partial charge in [0.25, 0.3) is 0 Å². The third-order valence-corrected chi connectivity index (χ3v) is 4.92. The van der Waals surface area contributed by atoms with Gasteiger partial charge >= 0.3 is 0 Å². The third kappa shape index (κ3) is 2.22. The zero-order valence-corrected chi connectivity index (χ0v) is 10.9. The van der Waals surface area contributed by atoms with Gasteiger partial charge in [-0.05, 0) is 36.5 Å². The van der Waals surface area contributed by atoms with Crippen LogP contribution in [-0.4, -0.2) is 12.1 Å². The van der Waals surface area contributed by atoms with E-state index in [1.165, 1.54) is 38.5 Å². The SMILES string of the molecule is CC1(C)CCCC1NC1CCCC1(C)C. The second-order valence-electron chi connectivity index (χ2n) is 7.03. The molecule has 15 heavy (non-hydrogen) atoms. The van der Waals surface area contributed by atoms with Crippen molar-refractivity contribution in [1.29, 1.82) is 0 Å². The Morgan fingerprint density at radius 1 is 0.800 bits per heavy atom. The van der Waals surface area contributed by atoms with Crippen LogP contribution in [0.1, 0.15) is 66.2 Å². The average Bonchev–Trinajstić information content (AvgIpc) is 2.58. The normalized spacial score (nSPS) is 38.4. The number of hydrogen-bond acceptors (Lipinski definition) is 1. The molecule has 1 heteroatoms. The van der Waals surface area contributed by atoms with E-state index in [1.54, 1.807) is 0 Å². The van der Waals surface area contributed by atoms with E-state index in [0.717, 1.165) is 12.1 Å². The molecule has 0 aliphatic heterocycles. The van der Waals surface area contributed by atoms with Gasteiger partial charge in [0, 0.05) is 12.1 Å². The molecule has 1 nitrogen and oxygen atoms in total. The summed E-state index contributed by atoms with van der Waals surface area (Å²) >= 11 is 0. The highest BCUT2D eigenvalue weighted by atomic mass is 15.0. The Bertz CT molecular complexity index is 205. The van der Waals surface area contributed by atoms with Crippen LogP contribution < -0.4 is 5.32 Å². The van der Waals surface area contributed by atoms with E-state index in [2.05, 4.69) is 33.0 Å². The third-order valence-electron chi connectivity index (χ3n) is 4.92. The molecule has 2 unspecified atom stereocenters. The summed E-state index contributed by atoms with van der Waals surface area (Å²) in [6.07, 6.45) is 8.41. The lowest BCUT2D eigenvalue weighted by Crippen LogP contribution is -2.47. The smallest absolute Gasteiger partial charge is 0.0121 e. The first-order chi connectivity index (χ1) is 6.92. The Labute approximate surface area is 95.0 Å². The van der Waals surface area contributed by atoms with Gasteiger partial charge in [0.2, 0.25) is 0 Å². The Hall–Kier alpha value is -0.0400. The monoisotopic (exact) mass is 209 g/mol. The molecule has 0 saturated heterocycles. The number of hydrogen-bond donors (Lipinski definition) is 1. The van der Waals surface area contributed by atoms with Crippen LogP contribution in [0, 0.1) is 10.8 Å². The largest absolute Gasteiger partial charge is 0.310 e. The van der Waals surface area contributed by atoms with Crippen LogP contribution in [0.15, 0.2) is 0 Å². The van der Waals surface area contributed by atoms with Crippen LogP contribution in [0.25, 0.3) is 0 Å². The topological polar surface area (TPSA) is 12.0 Å². The minimum atomic E-state index is 0.526. The minimum absolute atomic E-state index is 0.526. The second-order valence-corrected chi connectivity index (χ2v) is 7.03. The summed E-state index contributed by atoms with van der Waals surface area (Å²) in [5.41, 5.74) is 1.05. The minimum Gasteiger partial charge on any atom is -0.310 e. The van der Waals surface area contributed by atoms with Gasteiger partial charge in [0.05, 0.1) is 0 Å². The molecule has 1 N–H and O–H groups in total. The van der Waals surface area contributed by atoms with Crippen LogP contribution in [0.2, 0.25) is 0 Å². The summed E-state index contributed by atoms with van der Waals surface area (Å²) < 4.78 is 0. The van der Waals surface area contributed by atoms with E-state index in [-0.39, 0.29) is 0 Å². The predicted molar refractivity (Wildman–Crippen MR) is 66.0 cm³/mol. The Morgan fingerprint density at radius 3 is 1.47 bits per heavy atom. The summed E-state index contributed by atoms with van der Waals surface area (Å²) in [4.78, 5) is 0. The molecule has 0 spiro atoms. The van der Waals surface area contributed by atoms with Crippen LogP contribution in [0.3, 0.4) is 0 Å². The number of nitrogens with one attached hydrogen (secondary N) is 1. The molecule has 2 saturated carbocycles. The van der Waals surface area contributed by atoms with Gasteiger partial charge in [-0.2, -0.15) is 0 Å². The Balaban J connectivity index is 1.97. The molecule has 0 bridgehead atoms. The fourth-order valence-corrected chi connectivity index (χ4v) is 3.51. The number of rotatable bonds is 2. The van der Waals surface area contributed by atoms with Crippen molar-refractivity contribution in [3.05, 3.63) is 0 Å². The quantitative estimate of drug-likeness (QED) is 0.730. The zero-order chi connectivity index (χ0) is 11.1. The highest BCUT2D eigenvalue weighted by Gasteiger charge is 2.40. The molecule has 2 aliphatic carbocycles. The van der Waals surface area contributed by atoms with E-state index in [4.69, 9.17) is 0 Å². The van der Waals surface area contributed by atoms with E-state index >= 15 is 0 Å². The van der Waals surface area contributed by atoms with Crippen molar-refractivity contribution in [2.75, 3.05) is 0 Å². The van der Waals surface area contributed by atoms with Crippen molar-refractivity contribution in [2.24, 2.45) is 10.8 Å². The maximum absolute atomic E-state index is 3.96. The van der Waals surface area contributed by atoms with Crippen molar-refractivity contribution in [1.82, 2.24) is 5.32 Å². The predicted octanol–water partition coefficient (Wildman–Crippen LogP) is 3.73. The Morgan fingerprint density at radius 2 is 1.20 bits per heavy atom. The van der Waals surface area contributed by atoms with E-state index in [9.17, 15) is 0 Å². The highest BCUT2D eigenvalue weighted by molar-refractivity contribution is 4.97. The van der Waals surface area contributed by atoms with Gasteiger partial charge in [-0.3, -0.25) is 0 Å². The average molecular weight is 209 g/mol. The van der Waals surface area contributed by atoms with Crippen molar-refractivity contribution in [2.45, 2.75) is 78.3 Å². The van der Waals surface area contributed by atoms with Crippen molar-refractivity contribution in [3.8, 4) is 0 Å². The lowest BCUT2D eigenvalue weighted by molar-refractivity contribution is 0.203. The fourth-order valence-electron chi connectivity index (χ4n) is 3.51. The van der Waals surface area contributed by atoms with Gasteiger partial charge < -0.3 is 5.32 Å². The molecule has 88 valence electrons. The van der Waals surface area contributed by atoms with Gasteiger partial charge in [0.1, 0.15) is 0 Å². The fraction of sp³-hybridized carbons (Fsp3) is 1.00. The van der Waals surface area contributed by atoms with E-state index in [1.807, 2.05) is 0 Å². The summed E-state index contributed by atoms with van der Waals surface area (Å²) in [5, 5.41) is 3.96. The summed E-state index contributed by atoms with van der Waals surface area (Å²) in [6, 6.07) is 1.53. The molecule has 0 amide bonds. The summed E-state index contributed by atoms with van der Waals surface area (Å²) in [5.74, 6) is 0. The summed E-state index contributed by atoms with van der Waals surface area (Å²) in [6.45, 7) is 9.72. The van der Waals surface area contributed by atoms with Gasteiger partial charge in [-0.1, -0.05) is 40.5 Å². The highest BCUT2D eigenvalue weighted by Crippen LogP contribution is 2.42. The van der Waals surface area contributed by atoms with E-state index < -0.39 is 0 Å². The maximum Gasteiger partial charge on any atom is 0.0121 e. The van der Waals surface area contributed by atoms with E-state index in [0.29, 0.717) is 10.8 Å². The molecule has 0 radical (unpaired) electrons. The molecule has 2 rings (SSSR count). The van der Waals surface area contributed by atoms with Crippen molar-refractivity contribution < 1.29 is 0 Å². The van der Waals surface area contributed by atoms with Crippen LogP contribution in [-0.2, 0) is 0 Å². The first kappa shape index (κ1) is 11.4.